The second-order valence-corrected chi connectivity index (χ2v) is 8.25. The van der Waals surface area contributed by atoms with Gasteiger partial charge in [-0.25, -0.2) is 19.3 Å². The Kier molecular flexibility index (Phi) is 7.21. The van der Waals surface area contributed by atoms with Gasteiger partial charge >= 0.3 is 0 Å². The fourth-order valence-corrected chi connectivity index (χ4v) is 3.73. The van der Waals surface area contributed by atoms with E-state index in [-0.39, 0.29) is 11.7 Å². The number of halogens is 2. The predicted octanol–water partition coefficient (Wildman–Crippen LogP) is 5.44. The van der Waals surface area contributed by atoms with E-state index in [0.29, 0.717) is 56.8 Å². The Morgan fingerprint density at radius 2 is 1.91 bits per heavy atom. The molecule has 0 aliphatic rings. The zero-order valence-corrected chi connectivity index (χ0v) is 19.1. The molecule has 0 radical (unpaired) electrons. The van der Waals surface area contributed by atoms with Crippen molar-refractivity contribution in [3.05, 3.63) is 83.0 Å². The molecule has 4 rings (SSSR count). The van der Waals surface area contributed by atoms with Crippen LogP contribution < -0.4 is 10.6 Å². The van der Waals surface area contributed by atoms with Gasteiger partial charge in [-0.05, 0) is 67.2 Å². The monoisotopic (exact) mass is 483 g/mol. The van der Waals surface area contributed by atoms with Crippen molar-refractivity contribution in [2.45, 2.75) is 23.6 Å². The van der Waals surface area contributed by atoms with Gasteiger partial charge < -0.3 is 15.1 Å². The van der Waals surface area contributed by atoms with Gasteiger partial charge in [-0.1, -0.05) is 11.6 Å². The van der Waals surface area contributed by atoms with Crippen molar-refractivity contribution >= 4 is 35.1 Å². The first kappa shape index (κ1) is 22.8. The quantitative estimate of drug-likeness (QED) is 0.345. The zero-order valence-electron chi connectivity index (χ0n) is 17.5. The van der Waals surface area contributed by atoms with Crippen molar-refractivity contribution < 1.29 is 13.6 Å². The van der Waals surface area contributed by atoms with Gasteiger partial charge in [-0.3, -0.25) is 4.79 Å². The molecule has 0 aliphatic carbocycles. The summed E-state index contributed by atoms with van der Waals surface area (Å²) in [6, 6.07) is 12.9. The van der Waals surface area contributed by atoms with Crippen LogP contribution in [0.15, 0.2) is 75.5 Å². The van der Waals surface area contributed by atoms with Crippen LogP contribution in [0.4, 0.5) is 10.2 Å². The van der Waals surface area contributed by atoms with E-state index in [9.17, 15) is 9.18 Å². The highest BCUT2D eigenvalue weighted by Crippen LogP contribution is 2.34. The van der Waals surface area contributed by atoms with Gasteiger partial charge in [-0.15, -0.1) is 0 Å². The summed E-state index contributed by atoms with van der Waals surface area (Å²) in [4.78, 5) is 25.1. The maximum Gasteiger partial charge on any atom is 0.252 e. The van der Waals surface area contributed by atoms with Crippen molar-refractivity contribution in [3.63, 3.8) is 0 Å². The number of hydrogen-bond donors (Lipinski definition) is 2. The van der Waals surface area contributed by atoms with Gasteiger partial charge in [0, 0.05) is 24.5 Å². The summed E-state index contributed by atoms with van der Waals surface area (Å²) in [7, 11) is 0. The number of carbonyl (C=O) groups excluding carboxylic acids is 1. The first-order valence-corrected chi connectivity index (χ1v) is 11.2. The van der Waals surface area contributed by atoms with Crippen LogP contribution in [0.2, 0.25) is 5.02 Å². The number of carbonyl (C=O) groups is 1. The van der Waals surface area contributed by atoms with E-state index in [0.717, 1.165) is 0 Å². The van der Waals surface area contributed by atoms with Crippen LogP contribution in [0.1, 0.15) is 23.0 Å². The Morgan fingerprint density at radius 1 is 1.09 bits per heavy atom. The van der Waals surface area contributed by atoms with Gasteiger partial charge in [0.15, 0.2) is 5.09 Å². The molecule has 0 saturated carbocycles. The number of hydrogen-bond acceptors (Lipinski definition) is 7. The Balaban J connectivity index is 1.55. The molecule has 4 aromatic rings. The van der Waals surface area contributed by atoms with Crippen molar-refractivity contribution in [2.24, 2.45) is 0 Å². The first-order chi connectivity index (χ1) is 16.0. The van der Waals surface area contributed by atoms with E-state index < -0.39 is 0 Å². The van der Waals surface area contributed by atoms with Gasteiger partial charge in [0.2, 0.25) is 5.89 Å². The van der Waals surface area contributed by atoms with Crippen LogP contribution >= 0.6 is 23.4 Å². The lowest BCUT2D eigenvalue weighted by Crippen LogP contribution is -2.22. The Morgan fingerprint density at radius 3 is 2.58 bits per heavy atom. The van der Waals surface area contributed by atoms with Crippen LogP contribution in [0.25, 0.3) is 11.5 Å². The molecule has 10 heteroatoms. The fourth-order valence-electron chi connectivity index (χ4n) is 2.83. The lowest BCUT2D eigenvalue weighted by Gasteiger charge is -2.06. The molecular formula is C23H19ClFN5O2S. The third-order valence-electron chi connectivity index (χ3n) is 4.45. The van der Waals surface area contributed by atoms with Gasteiger partial charge in [0.1, 0.15) is 22.4 Å². The normalized spacial score (nSPS) is 10.8. The highest BCUT2D eigenvalue weighted by molar-refractivity contribution is 7.99. The Labute approximate surface area is 198 Å². The Hall–Kier alpha value is -3.43. The number of rotatable bonds is 8. The molecule has 168 valence electrons. The van der Waals surface area contributed by atoms with E-state index in [1.54, 1.807) is 42.6 Å². The first-order valence-electron chi connectivity index (χ1n) is 10.0. The topological polar surface area (TPSA) is 92.9 Å². The molecule has 0 bridgehead atoms. The SMILES string of the molecule is CCNC(=O)c1ccc(NCc2nc(-c3ccc(F)cc3)oc2Sc2ccc(Cl)cn2)nc1. The highest BCUT2D eigenvalue weighted by Gasteiger charge is 2.17. The van der Waals surface area contributed by atoms with Crippen molar-refractivity contribution in [1.29, 1.82) is 0 Å². The molecule has 0 saturated heterocycles. The molecule has 1 amide bonds. The molecule has 0 aliphatic heterocycles. The second kappa shape index (κ2) is 10.5. The summed E-state index contributed by atoms with van der Waals surface area (Å²) in [5.41, 5.74) is 1.76. The van der Waals surface area contributed by atoms with Crippen molar-refractivity contribution in [3.8, 4) is 11.5 Å². The molecule has 0 spiro atoms. The number of nitrogens with one attached hydrogen (secondary N) is 2. The molecule has 1 aromatic carbocycles. The number of pyridine rings is 2. The standard InChI is InChI=1S/C23H19ClFN5O2S/c1-2-26-21(31)15-5-9-19(27-11-15)28-13-18-23(33-20-10-6-16(24)12-29-20)32-22(30-18)14-3-7-17(25)8-4-14/h3-12H,2,13H2,1H3,(H,26,31)(H,27,28). The summed E-state index contributed by atoms with van der Waals surface area (Å²) < 4.78 is 19.3. The van der Waals surface area contributed by atoms with Gasteiger partial charge in [-0.2, -0.15) is 0 Å². The molecule has 0 unspecified atom stereocenters. The van der Waals surface area contributed by atoms with Gasteiger partial charge in [0.25, 0.3) is 5.91 Å². The van der Waals surface area contributed by atoms with Crippen molar-refractivity contribution in [2.75, 3.05) is 11.9 Å². The average molecular weight is 484 g/mol. The van der Waals surface area contributed by atoms with E-state index in [1.165, 1.54) is 30.1 Å². The largest absolute Gasteiger partial charge is 0.429 e. The lowest BCUT2D eigenvalue weighted by atomic mass is 10.2. The highest BCUT2D eigenvalue weighted by atomic mass is 35.5. The number of benzene rings is 1. The number of nitrogens with zero attached hydrogens (tertiary/aromatic N) is 3. The van der Waals surface area contributed by atoms with Crippen LogP contribution in [-0.4, -0.2) is 27.4 Å². The molecule has 2 N–H and O–H groups in total. The molecule has 0 fully saturated rings. The molecule has 0 atom stereocenters. The number of amides is 1. The minimum atomic E-state index is -0.339. The number of oxazole rings is 1. The van der Waals surface area contributed by atoms with E-state index >= 15 is 0 Å². The molecule has 3 heterocycles. The zero-order chi connectivity index (χ0) is 23.2. The van der Waals surface area contributed by atoms with Gasteiger partial charge in [0.05, 0.1) is 17.1 Å². The molecular weight excluding hydrogens is 465 g/mol. The van der Waals surface area contributed by atoms with Crippen molar-refractivity contribution in [1.82, 2.24) is 20.3 Å². The van der Waals surface area contributed by atoms with E-state index in [2.05, 4.69) is 25.6 Å². The smallest absolute Gasteiger partial charge is 0.252 e. The molecule has 33 heavy (non-hydrogen) atoms. The summed E-state index contributed by atoms with van der Waals surface area (Å²) >= 11 is 7.23. The number of aromatic nitrogens is 3. The third-order valence-corrected chi connectivity index (χ3v) is 5.63. The summed E-state index contributed by atoms with van der Waals surface area (Å²) in [6.45, 7) is 2.72. The second-order valence-electron chi connectivity index (χ2n) is 6.82. The number of anilines is 1. The maximum atomic E-state index is 13.3. The minimum Gasteiger partial charge on any atom is -0.429 e. The molecule has 3 aromatic heterocycles. The minimum absolute atomic E-state index is 0.175. The predicted molar refractivity (Wildman–Crippen MR) is 125 cm³/mol. The Bertz CT molecular complexity index is 1230. The van der Waals surface area contributed by atoms with Crippen LogP contribution in [-0.2, 0) is 6.54 Å². The van der Waals surface area contributed by atoms with Crippen LogP contribution in [0, 0.1) is 5.82 Å². The van der Waals surface area contributed by atoms with Crippen LogP contribution in [0.3, 0.4) is 0 Å². The molecule has 7 nitrogen and oxygen atoms in total. The van der Waals surface area contributed by atoms with E-state index in [4.69, 9.17) is 16.0 Å². The summed E-state index contributed by atoms with van der Waals surface area (Å²) in [6.07, 6.45) is 3.06. The average Bonchev–Trinajstić information content (AvgIpc) is 3.22. The van der Waals surface area contributed by atoms with Crippen LogP contribution in [0.5, 0.6) is 0 Å². The third kappa shape index (κ3) is 5.88. The maximum absolute atomic E-state index is 13.3. The summed E-state index contributed by atoms with van der Waals surface area (Å²) in [5.74, 6) is 0.429. The van der Waals surface area contributed by atoms with E-state index in [1.807, 2.05) is 6.92 Å². The lowest BCUT2D eigenvalue weighted by molar-refractivity contribution is 0.0955. The summed E-state index contributed by atoms with van der Waals surface area (Å²) in [5, 5.41) is 7.68. The fraction of sp³-hybridized carbons (Fsp3) is 0.130.